The zero-order chi connectivity index (χ0) is 25.1. The Hall–Kier alpha value is -2.73. The number of nitrogens with one attached hydrogen (secondary N) is 1. The molecule has 34 heavy (non-hydrogen) atoms. The van der Waals surface area contributed by atoms with E-state index in [2.05, 4.69) is 5.32 Å². The summed E-state index contributed by atoms with van der Waals surface area (Å²) in [7, 11) is 0. The summed E-state index contributed by atoms with van der Waals surface area (Å²) in [4.78, 5) is 27.8. The van der Waals surface area contributed by atoms with Crippen LogP contribution in [0.25, 0.3) is 0 Å². The lowest BCUT2D eigenvalue weighted by atomic mass is 10.1. The average molecular weight is 489 g/mol. The second-order valence-corrected chi connectivity index (χ2v) is 8.66. The Balaban J connectivity index is 2.19. The van der Waals surface area contributed by atoms with Crippen LogP contribution in [0.1, 0.15) is 58.6 Å². The maximum atomic E-state index is 13.4. The monoisotopic (exact) mass is 488 g/mol. The van der Waals surface area contributed by atoms with Crippen molar-refractivity contribution in [2.24, 2.45) is 0 Å². The summed E-state index contributed by atoms with van der Waals surface area (Å²) in [5.41, 5.74) is 1.77. The highest BCUT2D eigenvalue weighted by atomic mass is 35.5. The third kappa shape index (κ3) is 7.94. The molecule has 0 saturated heterocycles. The Kier molecular flexibility index (Phi) is 11.2. The SMILES string of the molecule is CCOc1ccc(CCC(=O)N(Cc2ccccc2Cl)[C@H](C)C(=O)N[C@@H](C)CC)cc1OCC. The number of amides is 2. The highest BCUT2D eigenvalue weighted by Gasteiger charge is 2.27. The van der Waals surface area contributed by atoms with Crippen LogP contribution < -0.4 is 14.8 Å². The van der Waals surface area contributed by atoms with Gasteiger partial charge in [0.2, 0.25) is 11.8 Å². The topological polar surface area (TPSA) is 67.9 Å². The summed E-state index contributed by atoms with van der Waals surface area (Å²) < 4.78 is 11.3. The maximum Gasteiger partial charge on any atom is 0.242 e. The minimum absolute atomic E-state index is 0.0352. The first kappa shape index (κ1) is 27.5. The summed E-state index contributed by atoms with van der Waals surface area (Å²) in [5, 5.41) is 3.55. The van der Waals surface area contributed by atoms with Crippen LogP contribution in [0, 0.1) is 0 Å². The van der Waals surface area contributed by atoms with Gasteiger partial charge in [0.15, 0.2) is 11.5 Å². The van der Waals surface area contributed by atoms with E-state index < -0.39 is 6.04 Å². The van der Waals surface area contributed by atoms with Crippen LogP contribution in [-0.4, -0.2) is 42.0 Å². The summed E-state index contributed by atoms with van der Waals surface area (Å²) in [6.45, 7) is 10.9. The fraction of sp³-hybridized carbons (Fsp3) is 0.481. The Bertz CT molecular complexity index is 950. The van der Waals surface area contributed by atoms with Crippen LogP contribution in [0.15, 0.2) is 42.5 Å². The van der Waals surface area contributed by atoms with Crippen molar-refractivity contribution in [1.29, 1.82) is 0 Å². The molecule has 0 aliphatic rings. The van der Waals surface area contributed by atoms with Gasteiger partial charge >= 0.3 is 0 Å². The standard InChI is InChI=1S/C27H37ClN2O4/c1-6-19(4)29-27(32)20(5)30(18-22-11-9-10-12-23(22)28)26(31)16-14-21-13-15-24(33-7-2)25(17-21)34-8-3/h9-13,15,17,19-20H,6-8,14,16,18H2,1-5H3,(H,29,32)/t19-,20+/m0/s1. The Morgan fingerprint density at radius 2 is 1.68 bits per heavy atom. The van der Waals surface area contributed by atoms with Crippen molar-refractivity contribution in [2.45, 2.75) is 72.5 Å². The number of aryl methyl sites for hydroxylation is 1. The van der Waals surface area contributed by atoms with Crippen LogP contribution in [0.3, 0.4) is 0 Å². The number of nitrogens with zero attached hydrogens (tertiary/aromatic N) is 1. The number of carbonyl (C=O) groups excluding carboxylic acids is 2. The second kappa shape index (κ2) is 13.9. The predicted molar refractivity (Wildman–Crippen MR) is 136 cm³/mol. The molecule has 0 saturated carbocycles. The van der Waals surface area contributed by atoms with Gasteiger partial charge in [-0.25, -0.2) is 0 Å². The van der Waals surface area contributed by atoms with Crippen LogP contribution in [0.4, 0.5) is 0 Å². The maximum absolute atomic E-state index is 13.4. The van der Waals surface area contributed by atoms with Gasteiger partial charge in [-0.3, -0.25) is 9.59 Å². The van der Waals surface area contributed by atoms with Crippen molar-refractivity contribution in [3.8, 4) is 11.5 Å². The molecule has 0 spiro atoms. The summed E-state index contributed by atoms with van der Waals surface area (Å²) in [5.74, 6) is 1.08. The smallest absolute Gasteiger partial charge is 0.242 e. The highest BCUT2D eigenvalue weighted by Crippen LogP contribution is 2.29. The van der Waals surface area contributed by atoms with Crippen molar-refractivity contribution < 1.29 is 19.1 Å². The fourth-order valence-electron chi connectivity index (χ4n) is 3.50. The molecule has 0 fully saturated rings. The van der Waals surface area contributed by atoms with E-state index in [4.69, 9.17) is 21.1 Å². The van der Waals surface area contributed by atoms with E-state index in [1.807, 2.05) is 64.1 Å². The minimum Gasteiger partial charge on any atom is -0.490 e. The number of ether oxygens (including phenoxy) is 2. The molecule has 0 aliphatic heterocycles. The molecule has 1 N–H and O–H groups in total. The molecule has 0 radical (unpaired) electrons. The molecule has 2 rings (SSSR count). The average Bonchev–Trinajstić information content (AvgIpc) is 2.83. The molecule has 7 heteroatoms. The molecular weight excluding hydrogens is 452 g/mol. The van der Waals surface area contributed by atoms with Gasteiger partial charge in [0.05, 0.1) is 13.2 Å². The molecule has 0 aliphatic carbocycles. The van der Waals surface area contributed by atoms with E-state index in [9.17, 15) is 9.59 Å². The summed E-state index contributed by atoms with van der Waals surface area (Å²) in [6.07, 6.45) is 1.59. The van der Waals surface area contributed by atoms with Crippen LogP contribution in [-0.2, 0) is 22.6 Å². The molecule has 6 nitrogen and oxygen atoms in total. The Labute approximate surface area is 208 Å². The van der Waals surface area contributed by atoms with Crippen LogP contribution in [0.2, 0.25) is 5.02 Å². The third-order valence-corrected chi connectivity index (χ3v) is 6.07. The van der Waals surface area contributed by atoms with Crippen molar-refractivity contribution in [1.82, 2.24) is 10.2 Å². The first-order chi connectivity index (χ1) is 16.3. The number of benzene rings is 2. The van der Waals surface area contributed by atoms with Gasteiger partial charge in [-0.15, -0.1) is 0 Å². The molecule has 0 bridgehead atoms. The quantitative estimate of drug-likeness (QED) is 0.409. The van der Waals surface area contributed by atoms with Crippen LogP contribution in [0.5, 0.6) is 11.5 Å². The van der Waals surface area contributed by atoms with E-state index >= 15 is 0 Å². The molecule has 0 unspecified atom stereocenters. The van der Waals surface area contributed by atoms with Crippen molar-refractivity contribution in [2.75, 3.05) is 13.2 Å². The van der Waals surface area contributed by atoms with E-state index in [0.29, 0.717) is 36.2 Å². The lowest BCUT2D eigenvalue weighted by Crippen LogP contribution is -2.49. The van der Waals surface area contributed by atoms with Crippen LogP contribution >= 0.6 is 11.6 Å². The van der Waals surface area contributed by atoms with Gasteiger partial charge in [0.25, 0.3) is 0 Å². The molecular formula is C27H37ClN2O4. The minimum atomic E-state index is -0.628. The molecule has 2 amide bonds. The zero-order valence-electron chi connectivity index (χ0n) is 20.9. The van der Waals surface area contributed by atoms with E-state index in [0.717, 1.165) is 17.5 Å². The number of hydrogen-bond donors (Lipinski definition) is 1. The van der Waals surface area contributed by atoms with Gasteiger partial charge in [-0.2, -0.15) is 0 Å². The third-order valence-electron chi connectivity index (χ3n) is 5.70. The molecule has 2 aromatic carbocycles. The molecule has 2 atom stereocenters. The van der Waals surface area contributed by atoms with Gasteiger partial charge in [0, 0.05) is 24.0 Å². The Morgan fingerprint density at radius 3 is 2.32 bits per heavy atom. The van der Waals surface area contributed by atoms with Gasteiger partial charge in [0.1, 0.15) is 6.04 Å². The molecule has 0 heterocycles. The van der Waals surface area contributed by atoms with E-state index in [-0.39, 0.29) is 30.8 Å². The van der Waals surface area contributed by atoms with Gasteiger partial charge < -0.3 is 19.7 Å². The summed E-state index contributed by atoms with van der Waals surface area (Å²) in [6, 6.07) is 12.5. The van der Waals surface area contributed by atoms with E-state index in [1.54, 1.807) is 17.9 Å². The van der Waals surface area contributed by atoms with E-state index in [1.165, 1.54) is 0 Å². The molecule has 186 valence electrons. The van der Waals surface area contributed by atoms with Crippen molar-refractivity contribution in [3.63, 3.8) is 0 Å². The second-order valence-electron chi connectivity index (χ2n) is 8.25. The number of halogens is 1. The van der Waals surface area contributed by atoms with Gasteiger partial charge in [-0.1, -0.05) is 42.8 Å². The Morgan fingerprint density at radius 1 is 1.00 bits per heavy atom. The summed E-state index contributed by atoms with van der Waals surface area (Å²) >= 11 is 6.36. The lowest BCUT2D eigenvalue weighted by Gasteiger charge is -2.30. The predicted octanol–water partition coefficient (Wildman–Crippen LogP) is 5.40. The number of rotatable bonds is 13. The first-order valence-corrected chi connectivity index (χ1v) is 12.4. The normalized spacial score (nSPS) is 12.5. The van der Waals surface area contributed by atoms with Gasteiger partial charge in [-0.05, 0) is 69.9 Å². The fourth-order valence-corrected chi connectivity index (χ4v) is 3.70. The van der Waals surface area contributed by atoms with Crippen molar-refractivity contribution in [3.05, 3.63) is 58.6 Å². The first-order valence-electron chi connectivity index (χ1n) is 12.0. The zero-order valence-corrected chi connectivity index (χ0v) is 21.7. The number of hydrogen-bond acceptors (Lipinski definition) is 4. The van der Waals surface area contributed by atoms with Crippen molar-refractivity contribution >= 4 is 23.4 Å². The number of carbonyl (C=O) groups is 2. The lowest BCUT2D eigenvalue weighted by molar-refractivity contribution is -0.140. The molecule has 0 aromatic heterocycles. The molecule has 2 aromatic rings. The highest BCUT2D eigenvalue weighted by molar-refractivity contribution is 6.31. The largest absolute Gasteiger partial charge is 0.490 e.